The molecule has 2 aliphatic rings. The molecule has 2 aliphatic carbocycles. The highest BCUT2D eigenvalue weighted by atomic mass is 15.2. The molecule has 0 radical (unpaired) electrons. The molecule has 1 nitrogen and oxygen atoms in total. The maximum absolute atomic E-state index is 2.58. The van der Waals surface area contributed by atoms with Gasteiger partial charge in [0.05, 0.1) is 0 Å². The van der Waals surface area contributed by atoms with E-state index >= 15 is 0 Å². The third-order valence-electron chi connectivity index (χ3n) is 7.89. The van der Waals surface area contributed by atoms with Crippen LogP contribution in [0.2, 0.25) is 0 Å². The van der Waals surface area contributed by atoms with Crippen molar-refractivity contribution in [1.29, 1.82) is 0 Å². The first kappa shape index (κ1) is 22.2. The van der Waals surface area contributed by atoms with Gasteiger partial charge in [0.15, 0.2) is 0 Å². The van der Waals surface area contributed by atoms with Gasteiger partial charge in [0.2, 0.25) is 0 Å². The molecule has 176 valence electrons. The first-order chi connectivity index (χ1) is 16.7. The van der Waals surface area contributed by atoms with Crippen LogP contribution in [0.5, 0.6) is 0 Å². The number of hydrogen-bond acceptors (Lipinski definition) is 1. The lowest BCUT2D eigenvalue weighted by Gasteiger charge is -2.40. The van der Waals surface area contributed by atoms with E-state index in [1.54, 1.807) is 0 Å². The average molecular weight is 458 g/mol. The molecule has 0 N–H and O–H groups in total. The van der Waals surface area contributed by atoms with Crippen LogP contribution in [-0.2, 0) is 5.41 Å². The van der Waals surface area contributed by atoms with Gasteiger partial charge in [0, 0.05) is 22.3 Å². The summed E-state index contributed by atoms with van der Waals surface area (Å²) < 4.78 is 0. The third-order valence-corrected chi connectivity index (χ3v) is 7.89. The molecule has 0 aromatic heterocycles. The second-order valence-corrected chi connectivity index (χ2v) is 11.8. The van der Waals surface area contributed by atoms with Crippen LogP contribution in [0.1, 0.15) is 70.1 Å². The molecule has 0 amide bonds. The fourth-order valence-electron chi connectivity index (χ4n) is 5.99. The second kappa shape index (κ2) is 7.85. The van der Waals surface area contributed by atoms with E-state index in [1.165, 1.54) is 63.2 Å². The van der Waals surface area contributed by atoms with Crippen LogP contribution >= 0.6 is 0 Å². The Morgan fingerprint density at radius 1 is 0.686 bits per heavy atom. The highest BCUT2D eigenvalue weighted by molar-refractivity contribution is 5.85. The Hall–Kier alpha value is -3.32. The predicted molar refractivity (Wildman–Crippen MR) is 150 cm³/mol. The molecule has 0 heterocycles. The molecule has 1 heteroatoms. The third kappa shape index (κ3) is 3.69. The van der Waals surface area contributed by atoms with Crippen molar-refractivity contribution in [1.82, 2.24) is 0 Å². The van der Waals surface area contributed by atoms with Gasteiger partial charge in [-0.25, -0.2) is 0 Å². The molecule has 0 bridgehead atoms. The van der Waals surface area contributed by atoms with E-state index in [2.05, 4.69) is 131 Å². The largest absolute Gasteiger partial charge is 0.336 e. The predicted octanol–water partition coefficient (Wildman–Crippen LogP) is 9.47. The molecule has 1 saturated carbocycles. The zero-order valence-electron chi connectivity index (χ0n) is 21.6. The first-order valence-electron chi connectivity index (χ1n) is 13.0. The minimum atomic E-state index is -0.0538. The molecule has 1 fully saturated rings. The van der Waals surface area contributed by atoms with E-state index < -0.39 is 0 Å². The fraction of sp³-hybridized carbons (Fsp3) is 0.294. The lowest BCUT2D eigenvalue weighted by molar-refractivity contribution is 0.557. The molecule has 0 aliphatic heterocycles. The number of benzene rings is 4. The summed E-state index contributed by atoms with van der Waals surface area (Å²) in [6.07, 6.45) is 2.59. The summed E-state index contributed by atoms with van der Waals surface area (Å²) >= 11 is 0. The van der Waals surface area contributed by atoms with E-state index in [1.807, 2.05) is 0 Å². The number of rotatable bonds is 4. The molecule has 0 saturated heterocycles. The van der Waals surface area contributed by atoms with Crippen LogP contribution in [0.3, 0.4) is 0 Å². The average Bonchev–Trinajstić information content (AvgIpc) is 3.66. The van der Waals surface area contributed by atoms with Crippen LogP contribution in [0.15, 0.2) is 91.0 Å². The van der Waals surface area contributed by atoms with Gasteiger partial charge in [-0.3, -0.25) is 0 Å². The quantitative estimate of drug-likeness (QED) is 0.295. The van der Waals surface area contributed by atoms with Gasteiger partial charge in [0.1, 0.15) is 0 Å². The van der Waals surface area contributed by atoms with Gasteiger partial charge < -0.3 is 4.90 Å². The maximum atomic E-state index is 2.58. The Labute approximate surface area is 210 Å². The summed E-state index contributed by atoms with van der Waals surface area (Å²) in [6, 6.07) is 33.9. The zero-order chi connectivity index (χ0) is 24.4. The van der Waals surface area contributed by atoms with Crippen LogP contribution < -0.4 is 4.90 Å². The first-order valence-corrected chi connectivity index (χ1v) is 13.0. The van der Waals surface area contributed by atoms with Crippen molar-refractivity contribution < 1.29 is 0 Å². The highest BCUT2D eigenvalue weighted by Gasteiger charge is 2.39. The van der Waals surface area contributed by atoms with Crippen molar-refractivity contribution >= 4 is 11.4 Å². The Kier molecular flexibility index (Phi) is 4.97. The van der Waals surface area contributed by atoms with Crippen LogP contribution in [0.4, 0.5) is 11.4 Å². The Bertz CT molecular complexity index is 1380. The van der Waals surface area contributed by atoms with Crippen molar-refractivity contribution in [3.05, 3.63) is 108 Å². The molecular weight excluding hydrogens is 422 g/mol. The Balaban J connectivity index is 1.51. The summed E-state index contributed by atoms with van der Waals surface area (Å²) in [5.41, 5.74) is 12.4. The summed E-state index contributed by atoms with van der Waals surface area (Å²) in [5, 5.41) is 0. The SMILES string of the molecule is CC1(C)c2ccccc2-c2cc(C3CC3)c(N(c3ccc(-c4ccccc4)cc3)C(C)(C)C)cc21. The van der Waals surface area contributed by atoms with Gasteiger partial charge in [-0.1, -0.05) is 80.6 Å². The van der Waals surface area contributed by atoms with Crippen molar-refractivity contribution in [2.45, 2.75) is 64.3 Å². The highest BCUT2D eigenvalue weighted by Crippen LogP contribution is 2.55. The molecule has 0 atom stereocenters. The molecule has 0 unspecified atom stereocenters. The molecule has 4 aromatic rings. The summed E-state index contributed by atoms with van der Waals surface area (Å²) in [6.45, 7) is 11.8. The van der Waals surface area contributed by atoms with E-state index in [4.69, 9.17) is 0 Å². The number of nitrogens with zero attached hydrogens (tertiary/aromatic N) is 1. The monoisotopic (exact) mass is 457 g/mol. The van der Waals surface area contributed by atoms with E-state index in [-0.39, 0.29) is 11.0 Å². The van der Waals surface area contributed by atoms with E-state index in [0.717, 1.165) is 0 Å². The van der Waals surface area contributed by atoms with Crippen molar-refractivity contribution in [3.63, 3.8) is 0 Å². The molecule has 35 heavy (non-hydrogen) atoms. The lowest BCUT2D eigenvalue weighted by atomic mass is 9.81. The number of anilines is 2. The van der Waals surface area contributed by atoms with Crippen molar-refractivity contribution in [2.24, 2.45) is 0 Å². The van der Waals surface area contributed by atoms with Gasteiger partial charge >= 0.3 is 0 Å². The van der Waals surface area contributed by atoms with Crippen LogP contribution in [0.25, 0.3) is 22.3 Å². The van der Waals surface area contributed by atoms with Gasteiger partial charge in [-0.05, 0) is 103 Å². The lowest BCUT2D eigenvalue weighted by Crippen LogP contribution is -2.38. The number of hydrogen-bond donors (Lipinski definition) is 0. The topological polar surface area (TPSA) is 3.24 Å². The van der Waals surface area contributed by atoms with Crippen LogP contribution in [-0.4, -0.2) is 5.54 Å². The summed E-state index contributed by atoms with van der Waals surface area (Å²) in [4.78, 5) is 2.58. The minimum Gasteiger partial charge on any atom is -0.336 e. The van der Waals surface area contributed by atoms with Crippen LogP contribution in [0, 0.1) is 0 Å². The molecule has 0 spiro atoms. The maximum Gasteiger partial charge on any atom is 0.0454 e. The summed E-state index contributed by atoms with van der Waals surface area (Å²) in [7, 11) is 0. The smallest absolute Gasteiger partial charge is 0.0454 e. The Morgan fingerprint density at radius 2 is 1.31 bits per heavy atom. The molecule has 6 rings (SSSR count). The van der Waals surface area contributed by atoms with Gasteiger partial charge in [-0.15, -0.1) is 0 Å². The minimum absolute atomic E-state index is 0.00345. The standard InChI is InChI=1S/C34H35N/c1-33(2,3)35(26-19-17-24(18-20-26)23-11-7-6-8-12-23)32-22-31-29(21-28(32)25-15-16-25)27-13-9-10-14-30(27)34(31,4)5/h6-14,17-22,25H,15-16H2,1-5H3. The van der Waals surface area contributed by atoms with E-state index in [9.17, 15) is 0 Å². The van der Waals surface area contributed by atoms with Gasteiger partial charge in [-0.2, -0.15) is 0 Å². The van der Waals surface area contributed by atoms with Crippen molar-refractivity contribution in [3.8, 4) is 22.3 Å². The van der Waals surface area contributed by atoms with Gasteiger partial charge in [0.25, 0.3) is 0 Å². The number of fused-ring (bicyclic) bond motifs is 3. The zero-order valence-corrected chi connectivity index (χ0v) is 21.6. The molecule has 4 aromatic carbocycles. The second-order valence-electron chi connectivity index (χ2n) is 11.8. The van der Waals surface area contributed by atoms with Crippen molar-refractivity contribution in [2.75, 3.05) is 4.90 Å². The summed E-state index contributed by atoms with van der Waals surface area (Å²) in [5.74, 6) is 0.666. The molecular formula is C34H35N. The normalized spacial score (nSPS) is 16.0. The Morgan fingerprint density at radius 3 is 1.97 bits per heavy atom. The fourth-order valence-corrected chi connectivity index (χ4v) is 5.99. The van der Waals surface area contributed by atoms with E-state index in [0.29, 0.717) is 5.92 Å².